The number of fused-ring (bicyclic) bond motifs is 1. The van der Waals surface area contributed by atoms with E-state index in [9.17, 15) is 15.2 Å². The number of aromatic hydroxyl groups is 1. The van der Waals surface area contributed by atoms with Gasteiger partial charge in [-0.05, 0) is 44.0 Å². The molecule has 0 aliphatic rings. The number of aromatic nitrogens is 2. The number of nitrogen functional groups attached to an aromatic ring is 1. The molecule has 0 bridgehead atoms. The Balaban J connectivity index is 2.57. The number of pyridine rings is 1. The number of primary amides is 1. The van der Waals surface area contributed by atoms with Crippen molar-refractivity contribution in [1.29, 1.82) is 5.26 Å². The average molecular weight is 335 g/mol. The van der Waals surface area contributed by atoms with E-state index >= 15 is 0 Å². The van der Waals surface area contributed by atoms with Crippen LogP contribution in [0.5, 0.6) is 5.75 Å². The van der Waals surface area contributed by atoms with Crippen molar-refractivity contribution >= 4 is 22.8 Å². The number of carbonyl (C=O) groups is 1. The fourth-order valence-corrected chi connectivity index (χ4v) is 3.09. The molecule has 0 aliphatic carbocycles. The first-order chi connectivity index (χ1) is 11.8. The van der Waals surface area contributed by atoms with Crippen LogP contribution in [0, 0.1) is 32.1 Å². The molecule has 5 N–H and O–H groups in total. The second-order valence-electron chi connectivity index (χ2n) is 5.97. The van der Waals surface area contributed by atoms with Gasteiger partial charge in [0, 0.05) is 10.9 Å². The van der Waals surface area contributed by atoms with Crippen LogP contribution in [0.4, 0.5) is 5.82 Å². The zero-order chi connectivity index (χ0) is 18.5. The molecule has 3 aromatic rings. The first-order valence-corrected chi connectivity index (χ1v) is 7.58. The average Bonchev–Trinajstić information content (AvgIpc) is 2.82. The van der Waals surface area contributed by atoms with E-state index in [2.05, 4.69) is 4.98 Å². The SMILES string of the molecule is Cc1cc2c(C(N)=O)c(N)n(-c3c(C)ccc(O)c3C)c2nc1C#N. The van der Waals surface area contributed by atoms with Crippen molar-refractivity contribution in [2.75, 3.05) is 5.73 Å². The van der Waals surface area contributed by atoms with E-state index < -0.39 is 5.91 Å². The van der Waals surface area contributed by atoms with Crippen molar-refractivity contribution in [2.45, 2.75) is 20.8 Å². The number of anilines is 1. The molecule has 1 aromatic carbocycles. The van der Waals surface area contributed by atoms with E-state index in [0.29, 0.717) is 27.8 Å². The van der Waals surface area contributed by atoms with Crippen molar-refractivity contribution < 1.29 is 9.90 Å². The lowest BCUT2D eigenvalue weighted by atomic mass is 10.1. The van der Waals surface area contributed by atoms with Gasteiger partial charge >= 0.3 is 0 Å². The van der Waals surface area contributed by atoms with Gasteiger partial charge < -0.3 is 16.6 Å². The highest BCUT2D eigenvalue weighted by molar-refractivity contribution is 6.11. The van der Waals surface area contributed by atoms with Crippen molar-refractivity contribution in [2.24, 2.45) is 5.73 Å². The summed E-state index contributed by atoms with van der Waals surface area (Å²) in [6.07, 6.45) is 0. The summed E-state index contributed by atoms with van der Waals surface area (Å²) in [6.45, 7) is 5.33. The normalized spacial score (nSPS) is 10.8. The minimum atomic E-state index is -0.678. The lowest BCUT2D eigenvalue weighted by Gasteiger charge is -2.15. The Morgan fingerprint density at radius 2 is 1.96 bits per heavy atom. The summed E-state index contributed by atoms with van der Waals surface area (Å²) >= 11 is 0. The van der Waals surface area contributed by atoms with Gasteiger partial charge in [-0.1, -0.05) is 6.07 Å². The lowest BCUT2D eigenvalue weighted by Crippen LogP contribution is -2.14. The second-order valence-corrected chi connectivity index (χ2v) is 5.97. The van der Waals surface area contributed by atoms with Gasteiger partial charge in [-0.3, -0.25) is 9.36 Å². The maximum Gasteiger partial charge on any atom is 0.253 e. The molecule has 0 radical (unpaired) electrons. The van der Waals surface area contributed by atoms with E-state index in [1.807, 2.05) is 13.0 Å². The third kappa shape index (κ3) is 2.27. The maximum absolute atomic E-state index is 12.0. The molecule has 3 rings (SSSR count). The topological polar surface area (TPSA) is 131 Å². The molecule has 7 nitrogen and oxygen atoms in total. The van der Waals surface area contributed by atoms with Gasteiger partial charge in [0.1, 0.15) is 29.0 Å². The number of nitriles is 1. The van der Waals surface area contributed by atoms with Gasteiger partial charge in [-0.15, -0.1) is 0 Å². The predicted octanol–water partition coefficient (Wildman–Crippen LogP) is 2.21. The molecular formula is C18H17N5O2. The van der Waals surface area contributed by atoms with Crippen molar-refractivity contribution in [3.05, 3.63) is 46.1 Å². The standard InChI is InChI=1S/C18H17N5O2/c1-8-4-5-13(24)10(3)15(8)23-16(20)14(17(21)25)11-6-9(2)12(7-19)22-18(11)23/h4-6,24H,20H2,1-3H3,(H2,21,25). The smallest absolute Gasteiger partial charge is 0.253 e. The third-order valence-electron chi connectivity index (χ3n) is 4.35. The first kappa shape index (κ1) is 16.3. The van der Waals surface area contributed by atoms with E-state index in [0.717, 1.165) is 5.56 Å². The number of phenols is 1. The number of nitrogens with two attached hydrogens (primary N) is 2. The number of amides is 1. The number of hydrogen-bond donors (Lipinski definition) is 3. The number of rotatable bonds is 2. The maximum atomic E-state index is 12.0. The Morgan fingerprint density at radius 3 is 2.56 bits per heavy atom. The van der Waals surface area contributed by atoms with Crippen LogP contribution in [0.2, 0.25) is 0 Å². The fourth-order valence-electron chi connectivity index (χ4n) is 3.09. The van der Waals surface area contributed by atoms with E-state index in [1.54, 1.807) is 36.6 Å². The Hall–Kier alpha value is -3.53. The van der Waals surface area contributed by atoms with E-state index in [4.69, 9.17) is 11.5 Å². The number of hydrogen-bond acceptors (Lipinski definition) is 5. The highest BCUT2D eigenvalue weighted by Gasteiger charge is 2.24. The van der Waals surface area contributed by atoms with Gasteiger partial charge in [0.15, 0.2) is 0 Å². The summed E-state index contributed by atoms with van der Waals surface area (Å²) in [5.74, 6) is -0.459. The molecule has 0 atom stereocenters. The van der Waals surface area contributed by atoms with Gasteiger partial charge in [0.25, 0.3) is 5.91 Å². The summed E-state index contributed by atoms with van der Waals surface area (Å²) in [5.41, 5.74) is 15.1. The number of phenolic OH excluding ortho intramolecular Hbond substituents is 1. The fraction of sp³-hybridized carbons (Fsp3) is 0.167. The Labute approximate surface area is 144 Å². The lowest BCUT2D eigenvalue weighted by molar-refractivity contribution is 0.100. The van der Waals surface area contributed by atoms with E-state index in [1.165, 1.54) is 0 Å². The van der Waals surface area contributed by atoms with Crippen molar-refractivity contribution in [3.63, 3.8) is 0 Å². The molecule has 0 fully saturated rings. The minimum absolute atomic E-state index is 0.0927. The molecule has 2 aromatic heterocycles. The Bertz CT molecular complexity index is 1090. The van der Waals surface area contributed by atoms with Crippen LogP contribution in [0.15, 0.2) is 18.2 Å². The van der Waals surface area contributed by atoms with Crippen molar-refractivity contribution in [1.82, 2.24) is 9.55 Å². The molecule has 0 saturated heterocycles. The van der Waals surface area contributed by atoms with Crippen LogP contribution < -0.4 is 11.5 Å². The summed E-state index contributed by atoms with van der Waals surface area (Å²) in [4.78, 5) is 16.3. The molecule has 7 heteroatoms. The van der Waals surface area contributed by atoms with Crippen LogP contribution >= 0.6 is 0 Å². The van der Waals surface area contributed by atoms with Gasteiger partial charge in [-0.25, -0.2) is 4.98 Å². The number of carbonyl (C=O) groups excluding carboxylic acids is 1. The highest BCUT2D eigenvalue weighted by atomic mass is 16.3. The number of aryl methyl sites for hydroxylation is 2. The molecule has 0 aliphatic heterocycles. The molecule has 126 valence electrons. The predicted molar refractivity (Wildman–Crippen MR) is 94.6 cm³/mol. The molecule has 0 unspecified atom stereocenters. The molecule has 2 heterocycles. The number of benzene rings is 1. The highest BCUT2D eigenvalue weighted by Crippen LogP contribution is 2.36. The first-order valence-electron chi connectivity index (χ1n) is 7.58. The molecule has 1 amide bonds. The van der Waals surface area contributed by atoms with Crippen LogP contribution in [-0.2, 0) is 0 Å². The second kappa shape index (κ2) is 5.53. The van der Waals surface area contributed by atoms with Crippen molar-refractivity contribution in [3.8, 4) is 17.5 Å². The summed E-state index contributed by atoms with van der Waals surface area (Å²) in [6, 6.07) is 7.04. The zero-order valence-electron chi connectivity index (χ0n) is 14.1. The quantitative estimate of drug-likeness (QED) is 0.660. The third-order valence-corrected chi connectivity index (χ3v) is 4.35. The number of nitrogens with zero attached hydrogens (tertiary/aromatic N) is 3. The minimum Gasteiger partial charge on any atom is -0.508 e. The molecule has 0 spiro atoms. The molecular weight excluding hydrogens is 318 g/mol. The van der Waals surface area contributed by atoms with Gasteiger partial charge in [0.2, 0.25) is 0 Å². The van der Waals surface area contributed by atoms with Crippen LogP contribution in [-0.4, -0.2) is 20.6 Å². The Morgan fingerprint density at radius 1 is 1.28 bits per heavy atom. The molecule has 25 heavy (non-hydrogen) atoms. The summed E-state index contributed by atoms with van der Waals surface area (Å²) in [7, 11) is 0. The summed E-state index contributed by atoms with van der Waals surface area (Å²) < 4.78 is 1.57. The van der Waals surface area contributed by atoms with E-state index in [-0.39, 0.29) is 22.8 Å². The van der Waals surface area contributed by atoms with Crippen LogP contribution in [0.25, 0.3) is 16.7 Å². The van der Waals surface area contributed by atoms with Crippen LogP contribution in [0.3, 0.4) is 0 Å². The van der Waals surface area contributed by atoms with Gasteiger partial charge in [-0.2, -0.15) is 5.26 Å². The van der Waals surface area contributed by atoms with Crippen LogP contribution in [0.1, 0.15) is 32.7 Å². The summed E-state index contributed by atoms with van der Waals surface area (Å²) in [5, 5.41) is 19.9. The molecule has 0 saturated carbocycles. The van der Waals surface area contributed by atoms with Gasteiger partial charge in [0.05, 0.1) is 11.3 Å². The Kier molecular flexibility index (Phi) is 3.61. The largest absolute Gasteiger partial charge is 0.508 e. The zero-order valence-corrected chi connectivity index (χ0v) is 14.1. The monoisotopic (exact) mass is 335 g/mol.